The number of aromatic nitrogens is 2. The highest BCUT2D eigenvalue weighted by Gasteiger charge is 2.23. The van der Waals surface area contributed by atoms with Crippen LogP contribution in [0.4, 0.5) is 5.95 Å². The van der Waals surface area contributed by atoms with Gasteiger partial charge in [-0.1, -0.05) is 42.5 Å². The Morgan fingerprint density at radius 1 is 1.23 bits per heavy atom. The molecule has 0 saturated carbocycles. The Morgan fingerprint density at radius 3 is 2.65 bits per heavy atom. The van der Waals surface area contributed by atoms with Gasteiger partial charge in [0, 0.05) is 11.4 Å². The molecule has 31 heavy (non-hydrogen) atoms. The van der Waals surface area contributed by atoms with Gasteiger partial charge < -0.3 is 14.6 Å². The lowest BCUT2D eigenvalue weighted by atomic mass is 9.99. The van der Waals surface area contributed by atoms with Crippen LogP contribution in [0.1, 0.15) is 32.6 Å². The molecular formula is C24H22N4O2S. The lowest BCUT2D eigenvalue weighted by molar-refractivity contribution is 0.0608. The number of carbonyl (C=O) groups is 1. The van der Waals surface area contributed by atoms with Crippen molar-refractivity contribution >= 4 is 34.3 Å². The molecule has 0 atom stereocenters. The van der Waals surface area contributed by atoms with Gasteiger partial charge in [-0.05, 0) is 36.6 Å². The number of nitriles is 1. The standard InChI is InChI=1S/C24H22N4O2S/c1-4-26-24-27-20-15(2)31-22(23(29)30-3)21(20)28(24)14-16-9-11-17(12-10-16)19-8-6-5-7-18(19)13-25/h5-12H,4,14H2,1-3H3,(H,26,27). The summed E-state index contributed by atoms with van der Waals surface area (Å²) in [6, 6.07) is 17.9. The molecule has 7 heteroatoms. The lowest BCUT2D eigenvalue weighted by Crippen LogP contribution is -2.10. The van der Waals surface area contributed by atoms with Crippen LogP contribution < -0.4 is 5.32 Å². The van der Waals surface area contributed by atoms with Crippen LogP contribution >= 0.6 is 11.3 Å². The van der Waals surface area contributed by atoms with Crippen LogP contribution in [0.2, 0.25) is 0 Å². The quantitative estimate of drug-likeness (QED) is 0.425. The molecule has 0 aliphatic rings. The summed E-state index contributed by atoms with van der Waals surface area (Å²) in [5.74, 6) is 0.378. The number of carbonyl (C=O) groups excluding carboxylic acids is 1. The third-order valence-corrected chi connectivity index (χ3v) is 6.19. The molecule has 0 bridgehead atoms. The molecule has 2 aromatic carbocycles. The fourth-order valence-corrected chi connectivity index (χ4v) is 4.68. The van der Waals surface area contributed by atoms with E-state index in [0.717, 1.165) is 45.1 Å². The molecule has 2 aromatic heterocycles. The van der Waals surface area contributed by atoms with Gasteiger partial charge in [0.05, 0.1) is 30.8 Å². The smallest absolute Gasteiger partial charge is 0.350 e. The van der Waals surface area contributed by atoms with E-state index in [9.17, 15) is 10.1 Å². The maximum absolute atomic E-state index is 12.4. The number of fused-ring (bicyclic) bond motifs is 1. The van der Waals surface area contributed by atoms with E-state index in [4.69, 9.17) is 9.72 Å². The number of esters is 1. The van der Waals surface area contributed by atoms with Crippen molar-refractivity contribution in [3.63, 3.8) is 0 Å². The number of aryl methyl sites for hydroxylation is 1. The Balaban J connectivity index is 1.75. The summed E-state index contributed by atoms with van der Waals surface area (Å²) in [6.07, 6.45) is 0. The van der Waals surface area contributed by atoms with Crippen molar-refractivity contribution in [2.24, 2.45) is 0 Å². The average molecular weight is 431 g/mol. The fraction of sp³-hybridized carbons (Fsp3) is 0.208. The topological polar surface area (TPSA) is 79.9 Å². The molecule has 0 amide bonds. The van der Waals surface area contributed by atoms with Crippen LogP contribution in [0, 0.1) is 18.3 Å². The summed E-state index contributed by atoms with van der Waals surface area (Å²) in [5, 5.41) is 12.7. The molecule has 4 aromatic rings. The van der Waals surface area contributed by atoms with Crippen molar-refractivity contribution in [3.8, 4) is 17.2 Å². The fourth-order valence-electron chi connectivity index (χ4n) is 3.66. The SMILES string of the molecule is CCNc1nc2c(C)sc(C(=O)OC)c2n1Cc1ccc(-c2ccccc2C#N)cc1. The third-order valence-electron chi connectivity index (χ3n) is 5.13. The molecule has 0 aliphatic carbocycles. The zero-order valence-corrected chi connectivity index (χ0v) is 18.4. The van der Waals surface area contributed by atoms with Gasteiger partial charge in [0.1, 0.15) is 10.4 Å². The summed E-state index contributed by atoms with van der Waals surface area (Å²) in [7, 11) is 1.40. The van der Waals surface area contributed by atoms with Gasteiger partial charge >= 0.3 is 5.97 Å². The molecule has 0 radical (unpaired) electrons. The molecule has 0 fully saturated rings. The monoisotopic (exact) mass is 430 g/mol. The van der Waals surface area contributed by atoms with Gasteiger partial charge in [-0.2, -0.15) is 5.26 Å². The van der Waals surface area contributed by atoms with E-state index in [1.807, 2.05) is 66.9 Å². The first-order valence-corrected chi connectivity index (χ1v) is 10.8. The second-order valence-electron chi connectivity index (χ2n) is 7.08. The Kier molecular flexibility index (Phi) is 5.74. The van der Waals surface area contributed by atoms with Gasteiger partial charge in [0.15, 0.2) is 0 Å². The van der Waals surface area contributed by atoms with Crippen LogP contribution in [-0.4, -0.2) is 29.2 Å². The van der Waals surface area contributed by atoms with Crippen LogP contribution in [0.5, 0.6) is 0 Å². The van der Waals surface area contributed by atoms with Gasteiger partial charge in [0.2, 0.25) is 5.95 Å². The van der Waals surface area contributed by atoms with Crippen molar-refractivity contribution in [2.45, 2.75) is 20.4 Å². The van der Waals surface area contributed by atoms with Crippen molar-refractivity contribution in [1.82, 2.24) is 9.55 Å². The molecule has 0 saturated heterocycles. The predicted octanol–water partition coefficient (Wildman–Crippen LogP) is 5.21. The molecule has 4 rings (SSSR count). The number of methoxy groups -OCH3 is 1. The average Bonchev–Trinajstić information content (AvgIpc) is 3.31. The number of thiophene rings is 1. The molecule has 0 aliphatic heterocycles. The lowest BCUT2D eigenvalue weighted by Gasteiger charge is -2.11. The first-order valence-electron chi connectivity index (χ1n) is 9.97. The maximum atomic E-state index is 12.4. The Bertz CT molecular complexity index is 1300. The number of rotatable bonds is 6. The van der Waals surface area contributed by atoms with E-state index in [1.54, 1.807) is 0 Å². The number of nitrogens with one attached hydrogen (secondary N) is 1. The zero-order valence-electron chi connectivity index (χ0n) is 17.6. The summed E-state index contributed by atoms with van der Waals surface area (Å²) < 4.78 is 7.04. The van der Waals surface area contributed by atoms with E-state index < -0.39 is 0 Å². The van der Waals surface area contributed by atoms with E-state index in [2.05, 4.69) is 11.4 Å². The number of benzene rings is 2. The molecule has 1 N–H and O–H groups in total. The van der Waals surface area contributed by atoms with Crippen molar-refractivity contribution in [2.75, 3.05) is 19.0 Å². The third kappa shape index (κ3) is 3.78. The Labute approximate surface area is 184 Å². The van der Waals surface area contributed by atoms with Crippen LogP contribution in [0.15, 0.2) is 48.5 Å². The van der Waals surface area contributed by atoms with Gasteiger partial charge in [-0.25, -0.2) is 9.78 Å². The molecular weight excluding hydrogens is 408 g/mol. The summed E-state index contributed by atoms with van der Waals surface area (Å²) >= 11 is 1.41. The van der Waals surface area contributed by atoms with Crippen LogP contribution in [0.3, 0.4) is 0 Å². The molecule has 6 nitrogen and oxygen atoms in total. The minimum Gasteiger partial charge on any atom is -0.465 e. The van der Waals surface area contributed by atoms with Crippen LogP contribution in [0.25, 0.3) is 22.2 Å². The number of ether oxygens (including phenoxy) is 1. The minimum atomic E-state index is -0.351. The number of anilines is 1. The summed E-state index contributed by atoms with van der Waals surface area (Å²) in [5.41, 5.74) is 5.24. The molecule has 2 heterocycles. The highest BCUT2D eigenvalue weighted by Crippen LogP contribution is 2.34. The number of hydrogen-bond acceptors (Lipinski definition) is 6. The minimum absolute atomic E-state index is 0.351. The predicted molar refractivity (Wildman–Crippen MR) is 124 cm³/mol. The van der Waals surface area contributed by atoms with E-state index in [0.29, 0.717) is 17.0 Å². The molecule has 0 unspecified atom stereocenters. The van der Waals surface area contributed by atoms with E-state index >= 15 is 0 Å². The number of nitrogens with zero attached hydrogens (tertiary/aromatic N) is 3. The van der Waals surface area contributed by atoms with Crippen molar-refractivity contribution in [1.29, 1.82) is 5.26 Å². The second kappa shape index (κ2) is 8.62. The van der Waals surface area contributed by atoms with Crippen LogP contribution in [-0.2, 0) is 11.3 Å². The summed E-state index contributed by atoms with van der Waals surface area (Å²) in [4.78, 5) is 18.7. The van der Waals surface area contributed by atoms with E-state index in [-0.39, 0.29) is 5.97 Å². The van der Waals surface area contributed by atoms with Crippen molar-refractivity contribution < 1.29 is 9.53 Å². The number of imidazole rings is 1. The highest BCUT2D eigenvalue weighted by molar-refractivity contribution is 7.15. The van der Waals surface area contributed by atoms with Gasteiger partial charge in [-0.3, -0.25) is 0 Å². The summed E-state index contributed by atoms with van der Waals surface area (Å²) in [6.45, 7) is 5.26. The van der Waals surface area contributed by atoms with Crippen molar-refractivity contribution in [3.05, 3.63) is 69.4 Å². The second-order valence-corrected chi connectivity index (χ2v) is 8.31. The Hall–Kier alpha value is -3.63. The van der Waals surface area contributed by atoms with Gasteiger partial charge in [0.25, 0.3) is 0 Å². The number of hydrogen-bond donors (Lipinski definition) is 1. The largest absolute Gasteiger partial charge is 0.465 e. The Morgan fingerprint density at radius 2 is 1.97 bits per heavy atom. The first kappa shape index (κ1) is 20.6. The zero-order chi connectivity index (χ0) is 22.0. The first-order chi connectivity index (χ1) is 15.1. The van der Waals surface area contributed by atoms with Gasteiger partial charge in [-0.15, -0.1) is 11.3 Å². The maximum Gasteiger partial charge on any atom is 0.350 e. The van der Waals surface area contributed by atoms with E-state index in [1.165, 1.54) is 18.4 Å². The highest BCUT2D eigenvalue weighted by atomic mass is 32.1. The normalized spacial score (nSPS) is 10.8. The molecule has 156 valence electrons. The molecule has 0 spiro atoms.